The van der Waals surface area contributed by atoms with Crippen LogP contribution in [-0.2, 0) is 30.5 Å². The molecule has 0 aliphatic rings. The number of aromatic nitrogens is 4. The Morgan fingerprint density at radius 2 is 1.71 bits per heavy atom. The first-order valence-electron chi connectivity index (χ1n) is 13.3. The number of fused-ring (bicyclic) bond motifs is 2. The van der Waals surface area contributed by atoms with Crippen LogP contribution in [0.5, 0.6) is 0 Å². The van der Waals surface area contributed by atoms with Crippen LogP contribution in [0.3, 0.4) is 0 Å². The third kappa shape index (κ3) is 6.51. The van der Waals surface area contributed by atoms with Crippen molar-refractivity contribution in [2.75, 3.05) is 20.2 Å². The Morgan fingerprint density at radius 3 is 2.40 bits per heavy atom. The molecule has 0 fully saturated rings. The molecule has 220 valence electrons. The second kappa shape index (κ2) is 12.7. The summed E-state index contributed by atoms with van der Waals surface area (Å²) in [6.45, 7) is 4.39. The Labute approximate surface area is 240 Å². The topological polar surface area (TPSA) is 154 Å². The summed E-state index contributed by atoms with van der Waals surface area (Å²) in [5, 5.41) is 14.7. The molecule has 2 amide bonds. The van der Waals surface area contributed by atoms with Gasteiger partial charge in [-0.3, -0.25) is 23.9 Å². The molecule has 0 radical (unpaired) electrons. The number of halogens is 1. The molecule has 2 aromatic heterocycles. The van der Waals surface area contributed by atoms with E-state index in [1.807, 2.05) is 13.8 Å². The molecule has 0 unspecified atom stereocenters. The lowest BCUT2D eigenvalue weighted by molar-refractivity contribution is -0.141. The molecule has 0 saturated carbocycles. The normalized spacial score (nSPS) is 11.2. The summed E-state index contributed by atoms with van der Waals surface area (Å²) in [4.78, 5) is 59.9. The van der Waals surface area contributed by atoms with E-state index in [0.717, 1.165) is 0 Å². The van der Waals surface area contributed by atoms with Crippen LogP contribution in [0.15, 0.2) is 36.5 Å². The summed E-state index contributed by atoms with van der Waals surface area (Å²) in [5.74, 6) is -2.78. The van der Waals surface area contributed by atoms with E-state index >= 15 is 4.39 Å². The molecular formula is C29H31FN6O6. The second-order valence-corrected chi connectivity index (χ2v) is 10.1. The van der Waals surface area contributed by atoms with Gasteiger partial charge in [0.2, 0.25) is 17.7 Å². The molecule has 2 aromatic carbocycles. The lowest BCUT2D eigenvalue weighted by atomic mass is 9.95. The average molecular weight is 579 g/mol. The Balaban J connectivity index is 1.67. The van der Waals surface area contributed by atoms with E-state index in [9.17, 15) is 24.0 Å². The molecule has 0 bridgehead atoms. The zero-order valence-corrected chi connectivity index (χ0v) is 23.7. The van der Waals surface area contributed by atoms with Gasteiger partial charge in [-0.2, -0.15) is 10.2 Å². The molecule has 0 spiro atoms. The van der Waals surface area contributed by atoms with Gasteiger partial charge in [-0.1, -0.05) is 26.0 Å². The first kappa shape index (κ1) is 30.0. The van der Waals surface area contributed by atoms with Gasteiger partial charge < -0.3 is 20.2 Å². The Bertz CT molecular complexity index is 1710. The van der Waals surface area contributed by atoms with Gasteiger partial charge in [-0.15, -0.1) is 0 Å². The molecule has 0 atom stereocenters. The Kier molecular flexibility index (Phi) is 9.09. The van der Waals surface area contributed by atoms with Crippen molar-refractivity contribution in [1.82, 2.24) is 30.2 Å². The lowest BCUT2D eigenvalue weighted by Crippen LogP contribution is -2.40. The number of benzene rings is 2. The largest absolute Gasteiger partial charge is 0.468 e. The predicted molar refractivity (Wildman–Crippen MR) is 151 cm³/mol. The summed E-state index contributed by atoms with van der Waals surface area (Å²) in [7, 11) is 1.20. The molecule has 12 nitrogen and oxygen atoms in total. The van der Waals surface area contributed by atoms with E-state index in [2.05, 4.69) is 25.6 Å². The molecule has 0 saturated heterocycles. The number of nitrogens with one attached hydrogen (secondary N) is 2. The van der Waals surface area contributed by atoms with Crippen molar-refractivity contribution in [2.45, 2.75) is 46.1 Å². The molecule has 2 heterocycles. The first-order valence-corrected chi connectivity index (χ1v) is 13.3. The fourth-order valence-corrected chi connectivity index (χ4v) is 4.52. The minimum absolute atomic E-state index is 0.0202. The number of hydrogen-bond donors (Lipinski definition) is 2. The fourth-order valence-electron chi connectivity index (χ4n) is 4.52. The highest BCUT2D eigenvalue weighted by Gasteiger charge is 2.22. The number of amides is 2. The van der Waals surface area contributed by atoms with Crippen LogP contribution in [0.4, 0.5) is 4.39 Å². The maximum absolute atomic E-state index is 15.5. The zero-order valence-electron chi connectivity index (χ0n) is 23.7. The zero-order chi connectivity index (χ0) is 30.6. The minimum atomic E-state index is -0.616. The average Bonchev–Trinajstić information content (AvgIpc) is 3.54. The van der Waals surface area contributed by atoms with Crippen molar-refractivity contribution in [3.8, 4) is 11.1 Å². The van der Waals surface area contributed by atoms with Crippen LogP contribution in [0.2, 0.25) is 0 Å². The highest BCUT2D eigenvalue weighted by atomic mass is 19.1. The van der Waals surface area contributed by atoms with Gasteiger partial charge in [-0.05, 0) is 36.6 Å². The third-order valence-electron chi connectivity index (χ3n) is 6.62. The highest BCUT2D eigenvalue weighted by molar-refractivity contribution is 6.01. The standard InChI is InChI=1S/C29H31FN6O6/c1-16(2)29-28-19(20-11-23-18(10-21(20)30)12-33-36(23)26(40)9-8-17(3)37)6-5-7-22(28)35(34-29)15-25(39)31-13-24(38)32-14-27(41)42-4/h5-7,10-12,16H,8-9,13-15H2,1-4H3,(H,31,39)(H,32,38). The number of carbonyl (C=O) groups excluding carboxylic acids is 5. The van der Waals surface area contributed by atoms with Crippen molar-refractivity contribution in [1.29, 1.82) is 0 Å². The first-order chi connectivity index (χ1) is 20.0. The predicted octanol–water partition coefficient (Wildman–Crippen LogP) is 2.73. The van der Waals surface area contributed by atoms with Crippen LogP contribution in [0, 0.1) is 5.82 Å². The van der Waals surface area contributed by atoms with E-state index in [1.165, 1.54) is 35.7 Å². The van der Waals surface area contributed by atoms with Gasteiger partial charge in [-0.25, -0.2) is 9.07 Å². The molecule has 42 heavy (non-hydrogen) atoms. The fraction of sp³-hybridized carbons (Fsp3) is 0.345. The summed E-state index contributed by atoms with van der Waals surface area (Å²) >= 11 is 0. The van der Waals surface area contributed by atoms with Crippen LogP contribution in [0.25, 0.3) is 32.9 Å². The minimum Gasteiger partial charge on any atom is -0.468 e. The number of ketones is 1. The summed E-state index contributed by atoms with van der Waals surface area (Å²) in [6, 6.07) is 8.09. The molecule has 13 heteroatoms. The van der Waals surface area contributed by atoms with E-state index in [1.54, 1.807) is 24.3 Å². The van der Waals surface area contributed by atoms with Gasteiger partial charge in [0.05, 0.1) is 36.6 Å². The van der Waals surface area contributed by atoms with E-state index in [0.29, 0.717) is 33.1 Å². The third-order valence-corrected chi connectivity index (χ3v) is 6.62. The number of hydrogen-bond acceptors (Lipinski definition) is 8. The maximum atomic E-state index is 15.5. The molecule has 0 aliphatic carbocycles. The second-order valence-electron chi connectivity index (χ2n) is 10.1. The Morgan fingerprint density at radius 1 is 0.976 bits per heavy atom. The highest BCUT2D eigenvalue weighted by Crippen LogP contribution is 2.37. The van der Waals surface area contributed by atoms with Gasteiger partial charge in [0, 0.05) is 29.2 Å². The van der Waals surface area contributed by atoms with Crippen molar-refractivity contribution in [2.24, 2.45) is 0 Å². The van der Waals surface area contributed by atoms with Gasteiger partial charge in [0.25, 0.3) is 0 Å². The lowest BCUT2D eigenvalue weighted by Gasteiger charge is -2.10. The van der Waals surface area contributed by atoms with Gasteiger partial charge in [0.1, 0.15) is 24.7 Å². The van der Waals surface area contributed by atoms with Crippen LogP contribution < -0.4 is 10.6 Å². The number of nitrogens with zero attached hydrogens (tertiary/aromatic N) is 4. The number of methoxy groups -OCH3 is 1. The van der Waals surface area contributed by atoms with Crippen molar-refractivity contribution < 1.29 is 33.1 Å². The van der Waals surface area contributed by atoms with Crippen molar-refractivity contribution in [3.63, 3.8) is 0 Å². The SMILES string of the molecule is COC(=O)CNC(=O)CNC(=O)Cn1nc(C(C)C)c2c(-c3cc4c(cnn4C(=O)CCC(C)=O)cc3F)cccc21. The number of rotatable bonds is 11. The van der Waals surface area contributed by atoms with Crippen LogP contribution in [-0.4, -0.2) is 69.2 Å². The van der Waals surface area contributed by atoms with Gasteiger partial charge in [0.15, 0.2) is 0 Å². The van der Waals surface area contributed by atoms with Crippen molar-refractivity contribution >= 4 is 51.3 Å². The quantitative estimate of drug-likeness (QED) is 0.258. The smallest absolute Gasteiger partial charge is 0.325 e. The molecule has 0 aliphatic heterocycles. The van der Waals surface area contributed by atoms with Crippen molar-refractivity contribution in [3.05, 3.63) is 48.0 Å². The number of esters is 1. The molecule has 4 aromatic rings. The van der Waals surface area contributed by atoms with Gasteiger partial charge >= 0.3 is 5.97 Å². The maximum Gasteiger partial charge on any atom is 0.325 e. The summed E-state index contributed by atoms with van der Waals surface area (Å²) in [5.41, 5.74) is 2.36. The number of Topliss-reactive ketones (excluding diaryl/α,β-unsaturated/α-hetero) is 1. The molecular weight excluding hydrogens is 547 g/mol. The van der Waals surface area contributed by atoms with E-state index in [4.69, 9.17) is 0 Å². The summed E-state index contributed by atoms with van der Waals surface area (Å²) < 4.78 is 22.7. The molecule has 4 rings (SSSR count). The monoisotopic (exact) mass is 578 g/mol. The van der Waals surface area contributed by atoms with Crippen LogP contribution in [0.1, 0.15) is 50.0 Å². The van der Waals surface area contributed by atoms with Crippen LogP contribution >= 0.6 is 0 Å². The molecule has 2 N–H and O–H groups in total. The number of carbonyl (C=O) groups is 5. The van der Waals surface area contributed by atoms with E-state index < -0.39 is 23.6 Å². The Hall–Kier alpha value is -4.94. The number of ether oxygens (including phenoxy) is 1. The summed E-state index contributed by atoms with van der Waals surface area (Å²) in [6.07, 6.45) is 1.46. The van der Waals surface area contributed by atoms with E-state index in [-0.39, 0.29) is 55.6 Å².